The molecule has 1 N–H and O–H groups in total. The maximum atomic E-state index is 12.3. The summed E-state index contributed by atoms with van der Waals surface area (Å²) in [6.45, 7) is 2.21. The van der Waals surface area contributed by atoms with Crippen LogP contribution in [0.2, 0.25) is 0 Å². The molecule has 0 bridgehead atoms. The van der Waals surface area contributed by atoms with Gasteiger partial charge < -0.3 is 5.11 Å². The molecule has 4 rings (SSSR count). The van der Waals surface area contributed by atoms with Crippen LogP contribution in [0.3, 0.4) is 0 Å². The molecule has 0 heterocycles. The van der Waals surface area contributed by atoms with Gasteiger partial charge in [-0.3, -0.25) is 4.79 Å². The number of ketones is 1. The van der Waals surface area contributed by atoms with Crippen LogP contribution in [0.15, 0.2) is 35.6 Å². The molecule has 0 amide bonds. The zero-order valence-electron chi connectivity index (χ0n) is 12.0. The van der Waals surface area contributed by atoms with E-state index < -0.39 is 0 Å². The van der Waals surface area contributed by atoms with Crippen LogP contribution in [-0.4, -0.2) is 10.9 Å². The Morgan fingerprint density at radius 1 is 1.30 bits per heavy atom. The highest BCUT2D eigenvalue weighted by Gasteiger charge is 2.55. The van der Waals surface area contributed by atoms with Crippen molar-refractivity contribution in [2.24, 2.45) is 29.1 Å². The van der Waals surface area contributed by atoms with Gasteiger partial charge in [0.2, 0.25) is 0 Å². The molecule has 0 saturated heterocycles. The SMILES string of the molecule is C[C@]12CCC3C(CC=C4C=C(O)C=C[C@H]43)C1CCC2=O. The van der Waals surface area contributed by atoms with E-state index in [4.69, 9.17) is 0 Å². The first-order valence-corrected chi connectivity index (χ1v) is 7.92. The third-order valence-corrected chi connectivity index (χ3v) is 6.46. The Hall–Kier alpha value is -1.31. The molecule has 0 aromatic heterocycles. The first-order chi connectivity index (χ1) is 9.59. The summed E-state index contributed by atoms with van der Waals surface area (Å²) in [5, 5.41) is 9.66. The maximum Gasteiger partial charge on any atom is 0.139 e. The van der Waals surface area contributed by atoms with Gasteiger partial charge in [0.1, 0.15) is 11.5 Å². The monoisotopic (exact) mass is 270 g/mol. The third kappa shape index (κ3) is 1.54. The molecule has 106 valence electrons. The molecule has 3 unspecified atom stereocenters. The molecule has 0 aromatic carbocycles. The summed E-state index contributed by atoms with van der Waals surface area (Å²) in [6.07, 6.45) is 13.4. The number of aliphatic hydroxyl groups excluding tert-OH is 1. The number of aliphatic hydroxyl groups is 1. The van der Waals surface area contributed by atoms with Crippen LogP contribution in [0, 0.1) is 29.1 Å². The zero-order chi connectivity index (χ0) is 13.9. The minimum atomic E-state index is -0.0388. The fraction of sp³-hybridized carbons (Fsp3) is 0.611. The summed E-state index contributed by atoms with van der Waals surface area (Å²) < 4.78 is 0. The highest BCUT2D eigenvalue weighted by molar-refractivity contribution is 5.87. The zero-order valence-corrected chi connectivity index (χ0v) is 12.0. The number of fused-ring (bicyclic) bond motifs is 5. The summed E-state index contributed by atoms with van der Waals surface area (Å²) >= 11 is 0. The van der Waals surface area contributed by atoms with Gasteiger partial charge in [-0.15, -0.1) is 0 Å². The van der Waals surface area contributed by atoms with Crippen LogP contribution in [0.25, 0.3) is 0 Å². The van der Waals surface area contributed by atoms with Gasteiger partial charge in [-0.05, 0) is 61.2 Å². The van der Waals surface area contributed by atoms with Gasteiger partial charge >= 0.3 is 0 Å². The lowest BCUT2D eigenvalue weighted by atomic mass is 9.54. The van der Waals surface area contributed by atoms with Gasteiger partial charge in [0, 0.05) is 17.8 Å². The second kappa shape index (κ2) is 4.09. The summed E-state index contributed by atoms with van der Waals surface area (Å²) in [7, 11) is 0. The molecular weight excluding hydrogens is 248 g/mol. The smallest absolute Gasteiger partial charge is 0.139 e. The van der Waals surface area contributed by atoms with E-state index in [9.17, 15) is 9.90 Å². The number of allylic oxidation sites excluding steroid dienone is 5. The summed E-state index contributed by atoms with van der Waals surface area (Å²) in [5.41, 5.74) is 1.25. The predicted octanol–water partition coefficient (Wildman–Crippen LogP) is 3.96. The number of carbonyl (C=O) groups is 1. The quantitative estimate of drug-likeness (QED) is 0.723. The maximum absolute atomic E-state index is 12.3. The number of rotatable bonds is 0. The predicted molar refractivity (Wildman–Crippen MR) is 78.1 cm³/mol. The average Bonchev–Trinajstić information content (AvgIpc) is 2.74. The Bertz CT molecular complexity index is 554. The van der Waals surface area contributed by atoms with Gasteiger partial charge in [-0.1, -0.05) is 19.1 Å². The minimum absolute atomic E-state index is 0.0388. The summed E-state index contributed by atoms with van der Waals surface area (Å²) in [6, 6.07) is 0. The van der Waals surface area contributed by atoms with E-state index >= 15 is 0 Å². The van der Waals surface area contributed by atoms with E-state index in [2.05, 4.69) is 19.1 Å². The average molecular weight is 270 g/mol. The van der Waals surface area contributed by atoms with Crippen LogP contribution < -0.4 is 0 Å². The van der Waals surface area contributed by atoms with Crippen molar-refractivity contribution in [2.45, 2.75) is 39.0 Å². The first-order valence-electron chi connectivity index (χ1n) is 7.92. The molecule has 5 atom stereocenters. The van der Waals surface area contributed by atoms with Crippen molar-refractivity contribution >= 4 is 5.78 Å². The van der Waals surface area contributed by atoms with E-state index in [1.807, 2.05) is 12.2 Å². The van der Waals surface area contributed by atoms with Gasteiger partial charge in [0.25, 0.3) is 0 Å². The van der Waals surface area contributed by atoms with Crippen molar-refractivity contribution < 1.29 is 9.90 Å². The first kappa shape index (κ1) is 12.4. The molecule has 0 aliphatic heterocycles. The van der Waals surface area contributed by atoms with Crippen molar-refractivity contribution in [3.8, 4) is 0 Å². The molecule has 4 aliphatic rings. The molecule has 0 spiro atoms. The second-order valence-corrected chi connectivity index (χ2v) is 7.25. The van der Waals surface area contributed by atoms with Crippen LogP contribution in [0.1, 0.15) is 39.0 Å². The Labute approximate surface area is 120 Å². The van der Waals surface area contributed by atoms with Crippen LogP contribution in [-0.2, 0) is 4.79 Å². The highest BCUT2D eigenvalue weighted by atomic mass is 16.3. The topological polar surface area (TPSA) is 37.3 Å². The van der Waals surface area contributed by atoms with Crippen LogP contribution in [0.4, 0.5) is 0 Å². The van der Waals surface area contributed by atoms with Crippen LogP contribution in [0.5, 0.6) is 0 Å². The normalized spacial score (nSPS) is 46.1. The molecule has 2 heteroatoms. The molecule has 2 saturated carbocycles. The number of carbonyl (C=O) groups excluding carboxylic acids is 1. The standard InChI is InChI=1S/C18H22O2/c1-18-9-8-14-13-5-3-12(19)10-11(13)2-4-15(14)16(18)6-7-17(18)20/h2-3,5,10,13-16,19H,4,6-9H2,1H3/t13-,14?,15?,16?,18+/m1/s1. The summed E-state index contributed by atoms with van der Waals surface area (Å²) in [4.78, 5) is 12.3. The van der Waals surface area contributed by atoms with E-state index in [-0.39, 0.29) is 5.41 Å². The lowest BCUT2D eigenvalue weighted by molar-refractivity contribution is -0.130. The van der Waals surface area contributed by atoms with Crippen LogP contribution >= 0.6 is 0 Å². The lowest BCUT2D eigenvalue weighted by Crippen LogP contribution is -2.45. The Kier molecular flexibility index (Phi) is 2.55. The van der Waals surface area contributed by atoms with Crippen molar-refractivity contribution in [2.75, 3.05) is 0 Å². The molecule has 2 nitrogen and oxygen atoms in total. The molecule has 0 aromatic rings. The largest absolute Gasteiger partial charge is 0.508 e. The van der Waals surface area contributed by atoms with Crippen molar-refractivity contribution in [3.63, 3.8) is 0 Å². The highest BCUT2D eigenvalue weighted by Crippen LogP contribution is 2.59. The number of Topliss-reactive ketones (excluding diaryl/α,β-unsaturated/α-hetero) is 1. The van der Waals surface area contributed by atoms with Gasteiger partial charge in [-0.2, -0.15) is 0 Å². The Balaban J connectivity index is 1.69. The molecule has 0 radical (unpaired) electrons. The van der Waals surface area contributed by atoms with Gasteiger partial charge in [0.15, 0.2) is 0 Å². The second-order valence-electron chi connectivity index (χ2n) is 7.25. The Morgan fingerprint density at radius 2 is 2.15 bits per heavy atom. The van der Waals surface area contributed by atoms with Crippen molar-refractivity contribution in [3.05, 3.63) is 35.6 Å². The molecule has 2 fully saturated rings. The van der Waals surface area contributed by atoms with E-state index in [0.717, 1.165) is 32.1 Å². The van der Waals surface area contributed by atoms with E-state index in [0.29, 0.717) is 35.2 Å². The molecule has 20 heavy (non-hydrogen) atoms. The van der Waals surface area contributed by atoms with Gasteiger partial charge in [-0.25, -0.2) is 0 Å². The number of hydrogen-bond donors (Lipinski definition) is 1. The van der Waals surface area contributed by atoms with E-state index in [1.165, 1.54) is 5.57 Å². The fourth-order valence-electron chi connectivity index (χ4n) is 5.36. The molecular formula is C18H22O2. The van der Waals surface area contributed by atoms with E-state index in [1.54, 1.807) is 0 Å². The molecule has 4 aliphatic carbocycles. The lowest BCUT2D eigenvalue weighted by Gasteiger charge is -2.49. The van der Waals surface area contributed by atoms with Crippen molar-refractivity contribution in [1.82, 2.24) is 0 Å². The van der Waals surface area contributed by atoms with Gasteiger partial charge in [0.05, 0.1) is 0 Å². The Morgan fingerprint density at radius 3 is 3.00 bits per heavy atom. The fourth-order valence-corrected chi connectivity index (χ4v) is 5.36. The summed E-state index contributed by atoms with van der Waals surface area (Å²) in [5.74, 6) is 3.26. The number of hydrogen-bond acceptors (Lipinski definition) is 2. The van der Waals surface area contributed by atoms with Crippen molar-refractivity contribution in [1.29, 1.82) is 0 Å². The third-order valence-electron chi connectivity index (χ3n) is 6.46. The minimum Gasteiger partial charge on any atom is -0.508 e.